The van der Waals surface area contributed by atoms with E-state index in [1.807, 2.05) is 55.2 Å². The first-order valence-corrected chi connectivity index (χ1v) is 11.9. The maximum Gasteiger partial charge on any atom is 0.251 e. The largest absolute Gasteiger partial charge is 0.384 e. The highest BCUT2D eigenvalue weighted by atomic mass is 16.2. The van der Waals surface area contributed by atoms with Gasteiger partial charge in [0.2, 0.25) is 5.91 Å². The first-order valence-electron chi connectivity index (χ1n) is 11.9. The maximum atomic E-state index is 12.7. The number of carbonyl (C=O) groups is 2. The molecule has 36 heavy (non-hydrogen) atoms. The number of carbonyl (C=O) groups excluding carboxylic acids is 2. The Morgan fingerprint density at radius 2 is 1.89 bits per heavy atom. The van der Waals surface area contributed by atoms with Crippen molar-refractivity contribution in [2.45, 2.75) is 13.0 Å². The minimum atomic E-state index is -0.169. The zero-order valence-corrected chi connectivity index (χ0v) is 20.4. The van der Waals surface area contributed by atoms with Crippen molar-refractivity contribution in [2.24, 2.45) is 5.92 Å². The molecule has 1 atom stereocenters. The standard InChI is InChI=1S/C27H29N7O2/c1-32(2)17-25-29-11-12-33(25)21-5-7-22(8-6-21)34-16-18(13-26(34)35)15-30-27(36)20-3-9-23-19(14-20)4-10-24(28)31-23/h3-12,14,18H,13,15-17H2,1-2H3,(H2,28,31)(H,30,36). The second-order valence-electron chi connectivity index (χ2n) is 9.40. The molecule has 2 amide bonds. The molecule has 2 aromatic carbocycles. The third-order valence-corrected chi connectivity index (χ3v) is 6.34. The van der Waals surface area contributed by atoms with Crippen LogP contribution in [0, 0.1) is 5.92 Å². The lowest BCUT2D eigenvalue weighted by Crippen LogP contribution is -2.31. The Kier molecular flexibility index (Phi) is 6.39. The van der Waals surface area contributed by atoms with E-state index in [1.54, 1.807) is 35.4 Å². The number of nitrogen functional groups attached to an aromatic ring is 1. The molecule has 1 fully saturated rings. The number of nitrogens with zero attached hydrogens (tertiary/aromatic N) is 5. The minimum Gasteiger partial charge on any atom is -0.384 e. The monoisotopic (exact) mass is 483 g/mol. The van der Waals surface area contributed by atoms with Crippen LogP contribution in [0.3, 0.4) is 0 Å². The summed E-state index contributed by atoms with van der Waals surface area (Å²) in [6.07, 6.45) is 4.13. The van der Waals surface area contributed by atoms with Crippen LogP contribution in [0.5, 0.6) is 0 Å². The highest BCUT2D eigenvalue weighted by Gasteiger charge is 2.31. The molecule has 2 aromatic heterocycles. The second-order valence-corrected chi connectivity index (χ2v) is 9.40. The van der Waals surface area contributed by atoms with E-state index in [9.17, 15) is 9.59 Å². The summed E-state index contributed by atoms with van der Waals surface area (Å²) < 4.78 is 2.05. The fraction of sp³-hybridized carbons (Fsp3) is 0.259. The number of hydrogen-bond donors (Lipinski definition) is 2. The van der Waals surface area contributed by atoms with Gasteiger partial charge in [-0.25, -0.2) is 9.97 Å². The van der Waals surface area contributed by atoms with Gasteiger partial charge in [0.25, 0.3) is 5.91 Å². The van der Waals surface area contributed by atoms with E-state index < -0.39 is 0 Å². The maximum absolute atomic E-state index is 12.7. The lowest BCUT2D eigenvalue weighted by Gasteiger charge is -2.18. The Morgan fingerprint density at radius 3 is 2.67 bits per heavy atom. The number of benzene rings is 2. The Bertz CT molecular complexity index is 1410. The van der Waals surface area contributed by atoms with E-state index in [4.69, 9.17) is 5.73 Å². The number of amides is 2. The van der Waals surface area contributed by atoms with Gasteiger partial charge in [-0.3, -0.25) is 9.59 Å². The average molecular weight is 484 g/mol. The molecular weight excluding hydrogens is 454 g/mol. The number of nitrogens with two attached hydrogens (primary N) is 1. The molecule has 3 N–H and O–H groups in total. The Hall–Kier alpha value is -4.24. The Morgan fingerprint density at radius 1 is 1.11 bits per heavy atom. The Labute approximate surface area is 209 Å². The number of rotatable bonds is 7. The smallest absolute Gasteiger partial charge is 0.251 e. The van der Waals surface area contributed by atoms with E-state index in [0.29, 0.717) is 30.9 Å². The van der Waals surface area contributed by atoms with Gasteiger partial charge in [0, 0.05) is 60.1 Å². The normalized spacial score (nSPS) is 15.7. The SMILES string of the molecule is CN(C)Cc1nccn1-c1ccc(N2CC(CNC(=O)c3ccc4nc(N)ccc4c3)CC2=O)cc1. The van der Waals surface area contributed by atoms with Gasteiger partial charge >= 0.3 is 0 Å². The summed E-state index contributed by atoms with van der Waals surface area (Å²) in [6.45, 7) is 1.73. The molecule has 1 unspecified atom stereocenters. The zero-order chi connectivity index (χ0) is 25.2. The van der Waals surface area contributed by atoms with E-state index in [-0.39, 0.29) is 17.7 Å². The van der Waals surface area contributed by atoms with Gasteiger partial charge in [-0.05, 0) is 68.7 Å². The molecule has 1 aliphatic heterocycles. The summed E-state index contributed by atoms with van der Waals surface area (Å²) in [7, 11) is 4.02. The molecule has 9 nitrogen and oxygen atoms in total. The summed E-state index contributed by atoms with van der Waals surface area (Å²) in [6, 6.07) is 16.8. The van der Waals surface area contributed by atoms with Crippen molar-refractivity contribution in [1.82, 2.24) is 24.8 Å². The molecule has 1 saturated heterocycles. The van der Waals surface area contributed by atoms with Crippen molar-refractivity contribution in [2.75, 3.05) is 37.8 Å². The van der Waals surface area contributed by atoms with Crippen LogP contribution >= 0.6 is 0 Å². The fourth-order valence-corrected chi connectivity index (χ4v) is 4.55. The zero-order valence-electron chi connectivity index (χ0n) is 20.4. The molecule has 9 heteroatoms. The average Bonchev–Trinajstić information content (AvgIpc) is 3.48. The predicted molar refractivity (Wildman–Crippen MR) is 140 cm³/mol. The molecule has 184 valence electrons. The lowest BCUT2D eigenvalue weighted by molar-refractivity contribution is -0.117. The van der Waals surface area contributed by atoms with Crippen molar-refractivity contribution in [1.29, 1.82) is 0 Å². The third-order valence-electron chi connectivity index (χ3n) is 6.34. The van der Waals surface area contributed by atoms with Crippen molar-refractivity contribution in [3.8, 4) is 5.69 Å². The van der Waals surface area contributed by atoms with Gasteiger partial charge in [0.1, 0.15) is 11.6 Å². The number of anilines is 2. The van der Waals surface area contributed by atoms with Gasteiger partial charge < -0.3 is 25.4 Å². The van der Waals surface area contributed by atoms with Crippen molar-refractivity contribution < 1.29 is 9.59 Å². The van der Waals surface area contributed by atoms with Crippen LogP contribution < -0.4 is 16.0 Å². The summed E-state index contributed by atoms with van der Waals surface area (Å²) in [4.78, 5) is 38.0. The first-order chi connectivity index (χ1) is 17.4. The van der Waals surface area contributed by atoms with Gasteiger partial charge in [-0.1, -0.05) is 0 Å². The molecule has 0 aliphatic carbocycles. The van der Waals surface area contributed by atoms with E-state index >= 15 is 0 Å². The molecule has 1 aliphatic rings. The van der Waals surface area contributed by atoms with Gasteiger partial charge in [0.05, 0.1) is 12.1 Å². The molecule has 0 spiro atoms. The number of imidazole rings is 1. The molecule has 5 rings (SSSR count). The van der Waals surface area contributed by atoms with Crippen molar-refractivity contribution in [3.05, 3.63) is 78.4 Å². The minimum absolute atomic E-state index is 0.0448. The Balaban J connectivity index is 1.21. The highest BCUT2D eigenvalue weighted by molar-refractivity contribution is 5.98. The van der Waals surface area contributed by atoms with E-state index in [0.717, 1.165) is 34.6 Å². The summed E-state index contributed by atoms with van der Waals surface area (Å²) in [5, 5.41) is 3.84. The fourth-order valence-electron chi connectivity index (χ4n) is 4.55. The van der Waals surface area contributed by atoms with E-state index in [1.165, 1.54) is 0 Å². The van der Waals surface area contributed by atoms with Gasteiger partial charge in [-0.15, -0.1) is 0 Å². The van der Waals surface area contributed by atoms with Crippen LogP contribution in [0.25, 0.3) is 16.6 Å². The molecular formula is C27H29N7O2. The van der Waals surface area contributed by atoms with Gasteiger partial charge in [0.15, 0.2) is 0 Å². The number of fused-ring (bicyclic) bond motifs is 1. The molecule has 3 heterocycles. The molecule has 4 aromatic rings. The molecule has 0 saturated carbocycles. The van der Waals surface area contributed by atoms with Crippen LogP contribution in [-0.2, 0) is 11.3 Å². The summed E-state index contributed by atoms with van der Waals surface area (Å²) in [5.41, 5.74) is 8.88. The third kappa shape index (κ3) is 4.92. The number of nitrogens with one attached hydrogen (secondary N) is 1. The number of pyridine rings is 1. The predicted octanol–water partition coefficient (Wildman–Crippen LogP) is 2.85. The van der Waals surface area contributed by atoms with Crippen LogP contribution in [0.1, 0.15) is 22.6 Å². The molecule has 0 bridgehead atoms. The van der Waals surface area contributed by atoms with Crippen molar-refractivity contribution in [3.63, 3.8) is 0 Å². The topological polar surface area (TPSA) is 109 Å². The molecule has 0 radical (unpaired) electrons. The van der Waals surface area contributed by atoms with Crippen LogP contribution in [0.15, 0.2) is 67.0 Å². The number of hydrogen-bond acceptors (Lipinski definition) is 6. The van der Waals surface area contributed by atoms with E-state index in [2.05, 4.69) is 20.2 Å². The second kappa shape index (κ2) is 9.79. The number of aromatic nitrogens is 3. The first kappa shape index (κ1) is 23.5. The van der Waals surface area contributed by atoms with Crippen molar-refractivity contribution >= 4 is 34.2 Å². The highest BCUT2D eigenvalue weighted by Crippen LogP contribution is 2.26. The summed E-state index contributed by atoms with van der Waals surface area (Å²) in [5.74, 6) is 1.33. The van der Waals surface area contributed by atoms with Gasteiger partial charge in [-0.2, -0.15) is 0 Å². The quantitative estimate of drug-likeness (QED) is 0.418. The van der Waals surface area contributed by atoms with Crippen LogP contribution in [0.2, 0.25) is 0 Å². The van der Waals surface area contributed by atoms with Crippen LogP contribution in [-0.4, -0.2) is 58.4 Å². The van der Waals surface area contributed by atoms with Crippen LogP contribution in [0.4, 0.5) is 11.5 Å². The summed E-state index contributed by atoms with van der Waals surface area (Å²) >= 11 is 0. The lowest BCUT2D eigenvalue weighted by atomic mass is 10.1.